The third kappa shape index (κ3) is 2.00. The van der Waals surface area contributed by atoms with Gasteiger partial charge in [-0.15, -0.1) is 9.36 Å². The summed E-state index contributed by atoms with van der Waals surface area (Å²) in [6, 6.07) is 15.7. The second-order valence-corrected chi connectivity index (χ2v) is 6.96. The van der Waals surface area contributed by atoms with Gasteiger partial charge in [0.05, 0.1) is 5.69 Å². The molecule has 0 amide bonds. The van der Waals surface area contributed by atoms with Gasteiger partial charge < -0.3 is 0 Å². The first kappa shape index (κ1) is 8.84. The van der Waals surface area contributed by atoms with Gasteiger partial charge in [-0.05, 0) is 30.2 Å². The summed E-state index contributed by atoms with van der Waals surface area (Å²) in [5, 5.41) is 0. The number of para-hydroxylation sites is 1. The SMILES string of the molecule is [2H]C([2H])([2H])C1(C)c2cc(-c3ccccc3)[n+](C)n2-c2c(C)cccc2C1(C([2H])([2H])[2H])C([2H])([2H])[2H]. The molecule has 128 valence electrons. The molecule has 0 N–H and O–H groups in total. The summed E-state index contributed by atoms with van der Waals surface area (Å²) < 4.78 is 80.4. The molecule has 1 aliphatic rings. The van der Waals surface area contributed by atoms with Crippen molar-refractivity contribution in [2.45, 2.75) is 45.2 Å². The monoisotopic (exact) mass is 340 g/mol. The molecule has 0 saturated carbocycles. The molecule has 1 atom stereocenters. The van der Waals surface area contributed by atoms with Gasteiger partial charge in [-0.1, -0.05) is 63.9 Å². The average Bonchev–Trinajstić information content (AvgIpc) is 3.04. The van der Waals surface area contributed by atoms with Crippen molar-refractivity contribution in [2.75, 3.05) is 0 Å². The highest BCUT2D eigenvalue weighted by atomic mass is 15.4. The van der Waals surface area contributed by atoms with Crippen LogP contribution in [0, 0.1) is 6.92 Å². The zero-order chi connectivity index (χ0) is 25.5. The Bertz CT molecular complexity index is 1240. The van der Waals surface area contributed by atoms with Crippen molar-refractivity contribution < 1.29 is 17.0 Å². The fourth-order valence-electron chi connectivity index (χ4n) is 3.76. The molecule has 0 fully saturated rings. The van der Waals surface area contributed by atoms with E-state index in [2.05, 4.69) is 0 Å². The lowest BCUT2D eigenvalue weighted by Gasteiger charge is -2.46. The van der Waals surface area contributed by atoms with E-state index < -0.39 is 31.4 Å². The predicted octanol–water partition coefficient (Wildman–Crippen LogP) is 4.85. The van der Waals surface area contributed by atoms with Gasteiger partial charge in [0.25, 0.3) is 0 Å². The largest absolute Gasteiger partial charge is 0.239 e. The Morgan fingerprint density at radius 1 is 0.960 bits per heavy atom. The summed E-state index contributed by atoms with van der Waals surface area (Å²) in [7, 11) is 1.76. The van der Waals surface area contributed by atoms with E-state index in [9.17, 15) is 0 Å². The highest BCUT2D eigenvalue weighted by Gasteiger charge is 2.50. The van der Waals surface area contributed by atoms with Crippen LogP contribution in [0.4, 0.5) is 0 Å². The summed E-state index contributed by atoms with van der Waals surface area (Å²) >= 11 is 0. The number of hydrogen-bond donors (Lipinski definition) is 0. The van der Waals surface area contributed by atoms with Crippen molar-refractivity contribution in [3.05, 3.63) is 71.4 Å². The van der Waals surface area contributed by atoms with Crippen molar-refractivity contribution in [3.63, 3.8) is 0 Å². The van der Waals surface area contributed by atoms with Gasteiger partial charge in [-0.3, -0.25) is 0 Å². The zero-order valence-electron chi connectivity index (χ0n) is 23.6. The Hall–Kier alpha value is -2.35. The highest BCUT2D eigenvalue weighted by Crippen LogP contribution is 2.50. The van der Waals surface area contributed by atoms with Gasteiger partial charge in [0, 0.05) is 34.8 Å². The first-order valence-corrected chi connectivity index (χ1v) is 8.30. The van der Waals surface area contributed by atoms with Crippen molar-refractivity contribution in [2.24, 2.45) is 7.05 Å². The van der Waals surface area contributed by atoms with Crippen LogP contribution in [0.1, 0.15) is 56.6 Å². The molecule has 0 saturated heterocycles. The topological polar surface area (TPSA) is 8.81 Å². The molecular formula is C23H27N2+. The number of hydrogen-bond acceptors (Lipinski definition) is 0. The van der Waals surface area contributed by atoms with Crippen LogP contribution in [0.3, 0.4) is 0 Å². The van der Waals surface area contributed by atoms with Crippen molar-refractivity contribution in [1.82, 2.24) is 4.68 Å². The minimum absolute atomic E-state index is 0.00978. The molecule has 1 unspecified atom stereocenters. The van der Waals surface area contributed by atoms with Crippen LogP contribution in [0.2, 0.25) is 0 Å². The van der Waals surface area contributed by atoms with Crippen LogP contribution in [0.5, 0.6) is 0 Å². The molecule has 3 aromatic rings. The van der Waals surface area contributed by atoms with Crippen LogP contribution in [-0.4, -0.2) is 4.68 Å². The van der Waals surface area contributed by atoms with Crippen LogP contribution in [0.25, 0.3) is 16.9 Å². The maximum absolute atomic E-state index is 8.56. The summed E-state index contributed by atoms with van der Waals surface area (Å²) in [5.41, 5.74) is -2.37. The molecule has 0 spiro atoms. The molecule has 0 aliphatic carbocycles. The van der Waals surface area contributed by atoms with Crippen LogP contribution in [-0.2, 0) is 17.9 Å². The van der Waals surface area contributed by atoms with Gasteiger partial charge in [0.15, 0.2) is 7.05 Å². The molecule has 25 heavy (non-hydrogen) atoms. The lowest BCUT2D eigenvalue weighted by molar-refractivity contribution is -0.735. The average molecular weight is 341 g/mol. The van der Waals surface area contributed by atoms with Gasteiger partial charge in [-0.2, -0.15) is 0 Å². The molecular weight excluding hydrogens is 304 g/mol. The first-order valence-electron chi connectivity index (χ1n) is 12.8. The number of aryl methyl sites for hydroxylation is 1. The molecule has 2 aromatic carbocycles. The van der Waals surface area contributed by atoms with E-state index in [1.54, 1.807) is 41.5 Å². The Morgan fingerprint density at radius 3 is 2.36 bits per heavy atom. The molecule has 1 aliphatic heterocycles. The van der Waals surface area contributed by atoms with E-state index in [0.717, 1.165) is 5.56 Å². The Balaban J connectivity index is 2.31. The predicted molar refractivity (Wildman–Crippen MR) is 103 cm³/mol. The summed E-state index contributed by atoms with van der Waals surface area (Å²) in [6.07, 6.45) is 0. The summed E-state index contributed by atoms with van der Waals surface area (Å²) in [4.78, 5) is 0. The Labute approximate surface area is 163 Å². The minimum atomic E-state index is -3.16. The molecule has 1 aromatic heterocycles. The van der Waals surface area contributed by atoms with Crippen molar-refractivity contribution >= 4 is 0 Å². The zero-order valence-corrected chi connectivity index (χ0v) is 14.6. The van der Waals surface area contributed by atoms with E-state index in [0.29, 0.717) is 16.9 Å². The molecule has 2 heterocycles. The van der Waals surface area contributed by atoms with Crippen LogP contribution >= 0.6 is 0 Å². The minimum Gasteiger partial charge on any atom is -0.124 e. The van der Waals surface area contributed by atoms with Crippen LogP contribution in [0.15, 0.2) is 54.6 Å². The van der Waals surface area contributed by atoms with Gasteiger partial charge in [0.2, 0.25) is 5.69 Å². The van der Waals surface area contributed by atoms with Gasteiger partial charge >= 0.3 is 0 Å². The molecule has 0 radical (unpaired) electrons. The normalized spacial score (nSPS) is 27.7. The number of rotatable bonds is 1. The maximum Gasteiger partial charge on any atom is 0.239 e. The third-order valence-corrected chi connectivity index (χ3v) is 5.34. The van der Waals surface area contributed by atoms with Crippen LogP contribution < -0.4 is 4.68 Å². The second kappa shape index (κ2) is 5.08. The highest BCUT2D eigenvalue weighted by molar-refractivity contribution is 5.61. The first-order chi connectivity index (χ1) is 15.5. The standard InChI is InChI=1S/C23H27N2/c1-16-11-10-14-18-21(16)25-20(23(4,5)22(18,2)3)15-19(24(25)6)17-12-8-7-9-13-17/h7-15H,1-6H3/q+1/i2D3,3D3,4D3. The number of fused-ring (bicyclic) bond motifs is 3. The van der Waals surface area contributed by atoms with E-state index in [-0.39, 0.29) is 11.3 Å². The Morgan fingerprint density at radius 2 is 1.68 bits per heavy atom. The number of aromatic nitrogens is 2. The fourth-order valence-corrected chi connectivity index (χ4v) is 3.76. The van der Waals surface area contributed by atoms with Gasteiger partial charge in [-0.25, -0.2) is 0 Å². The van der Waals surface area contributed by atoms with E-state index in [4.69, 9.17) is 12.3 Å². The lowest BCUT2D eigenvalue weighted by Crippen LogP contribution is -2.51. The maximum atomic E-state index is 8.56. The molecule has 2 heteroatoms. The van der Waals surface area contributed by atoms with Crippen molar-refractivity contribution in [3.8, 4) is 16.9 Å². The lowest BCUT2D eigenvalue weighted by atomic mass is 9.60. The fraction of sp³-hybridized carbons (Fsp3) is 0.348. The third-order valence-electron chi connectivity index (χ3n) is 5.34. The quantitative estimate of drug-likeness (QED) is 0.560. The van der Waals surface area contributed by atoms with Crippen molar-refractivity contribution in [1.29, 1.82) is 0 Å². The van der Waals surface area contributed by atoms with E-state index >= 15 is 0 Å². The van der Waals surface area contributed by atoms with E-state index in [1.807, 2.05) is 30.3 Å². The number of nitrogens with zero attached hydrogens (tertiary/aromatic N) is 2. The summed E-state index contributed by atoms with van der Waals surface area (Å²) in [5.74, 6) is 0. The van der Waals surface area contributed by atoms with Gasteiger partial charge in [0.1, 0.15) is 5.69 Å². The smallest absolute Gasteiger partial charge is 0.124 e. The number of benzene rings is 2. The second-order valence-electron chi connectivity index (χ2n) is 6.96. The Kier molecular flexibility index (Phi) is 1.80. The molecule has 4 rings (SSSR count). The molecule has 2 nitrogen and oxygen atoms in total. The van der Waals surface area contributed by atoms with E-state index in [1.165, 1.54) is 13.0 Å². The molecule has 0 bridgehead atoms. The summed E-state index contributed by atoms with van der Waals surface area (Å²) in [6.45, 7) is -6.25.